The molecule has 9 nitrogen and oxygen atoms in total. The van der Waals surface area contributed by atoms with Crippen molar-refractivity contribution in [3.8, 4) is 11.5 Å². The standard InChI is InChI=1S/C24H26N2O7S/c1-31-11-6-7-14(32-2)13(10-11)25-21(27)18-12-4-3-5-17(12)34-23(18)26-22(28)19-15-8-9-16(33-15)20(19)24(29)30/h6-7,10,15-16,19-20H,3-5,8-9H2,1-2H3,(H,25,27)(H,26,28)(H,29,30). The third kappa shape index (κ3) is 3.80. The third-order valence-electron chi connectivity index (χ3n) is 6.90. The van der Waals surface area contributed by atoms with Gasteiger partial charge in [-0.05, 0) is 49.8 Å². The number of methoxy groups -OCH3 is 2. The van der Waals surface area contributed by atoms with E-state index in [1.807, 2.05) is 0 Å². The molecular weight excluding hydrogens is 460 g/mol. The number of anilines is 2. The summed E-state index contributed by atoms with van der Waals surface area (Å²) in [4.78, 5) is 39.6. The summed E-state index contributed by atoms with van der Waals surface area (Å²) in [5.41, 5.74) is 1.81. The molecular formula is C24H26N2O7S. The molecule has 0 saturated carbocycles. The van der Waals surface area contributed by atoms with Crippen LogP contribution in [0.25, 0.3) is 0 Å². The second kappa shape index (κ2) is 8.92. The molecule has 4 unspecified atom stereocenters. The maximum atomic E-state index is 13.5. The molecule has 2 amide bonds. The van der Waals surface area contributed by atoms with Crippen LogP contribution in [0.2, 0.25) is 0 Å². The molecule has 1 aromatic carbocycles. The van der Waals surface area contributed by atoms with Crippen LogP contribution in [0.1, 0.15) is 40.1 Å². The van der Waals surface area contributed by atoms with Crippen molar-refractivity contribution in [2.24, 2.45) is 11.8 Å². The van der Waals surface area contributed by atoms with Crippen molar-refractivity contribution >= 4 is 39.8 Å². The number of carbonyl (C=O) groups excluding carboxylic acids is 2. The number of aliphatic carboxylic acids is 1. The van der Waals surface area contributed by atoms with Gasteiger partial charge in [-0.15, -0.1) is 11.3 Å². The Kier molecular flexibility index (Phi) is 5.95. The van der Waals surface area contributed by atoms with E-state index in [-0.39, 0.29) is 5.91 Å². The lowest BCUT2D eigenvalue weighted by atomic mass is 9.79. The zero-order valence-corrected chi connectivity index (χ0v) is 19.7. The highest BCUT2D eigenvalue weighted by molar-refractivity contribution is 7.17. The van der Waals surface area contributed by atoms with Crippen LogP contribution in [-0.2, 0) is 27.2 Å². The highest BCUT2D eigenvalue weighted by Crippen LogP contribution is 2.45. The molecule has 0 spiro atoms. The lowest BCUT2D eigenvalue weighted by molar-refractivity contribution is -0.147. The third-order valence-corrected chi connectivity index (χ3v) is 8.11. The molecule has 4 atom stereocenters. The van der Waals surface area contributed by atoms with Crippen molar-refractivity contribution < 1.29 is 33.7 Å². The number of carboxylic acid groups (broad SMARTS) is 1. The number of ether oxygens (including phenoxy) is 3. The van der Waals surface area contributed by atoms with Crippen molar-refractivity contribution in [1.29, 1.82) is 0 Å². The number of carboxylic acids is 1. The summed E-state index contributed by atoms with van der Waals surface area (Å²) in [6.45, 7) is 0. The molecule has 2 fully saturated rings. The molecule has 3 aliphatic rings. The number of hydrogen-bond acceptors (Lipinski definition) is 7. The number of rotatable bonds is 7. The summed E-state index contributed by atoms with van der Waals surface area (Å²) in [5.74, 6) is -2.39. The molecule has 34 heavy (non-hydrogen) atoms. The Balaban J connectivity index is 1.43. The Morgan fingerprint density at radius 1 is 1.06 bits per heavy atom. The lowest BCUT2D eigenvalue weighted by Crippen LogP contribution is -2.41. The summed E-state index contributed by atoms with van der Waals surface area (Å²) < 4.78 is 16.4. The van der Waals surface area contributed by atoms with Gasteiger partial charge in [0.05, 0.1) is 49.5 Å². The molecule has 0 radical (unpaired) electrons. The molecule has 2 aliphatic heterocycles. The minimum atomic E-state index is -1.02. The van der Waals surface area contributed by atoms with Gasteiger partial charge >= 0.3 is 5.97 Å². The van der Waals surface area contributed by atoms with Gasteiger partial charge in [0.1, 0.15) is 16.5 Å². The summed E-state index contributed by atoms with van der Waals surface area (Å²) in [6.07, 6.45) is 3.00. The summed E-state index contributed by atoms with van der Waals surface area (Å²) in [6, 6.07) is 5.11. The number of thiophene rings is 1. The van der Waals surface area contributed by atoms with E-state index < -0.39 is 35.9 Å². The largest absolute Gasteiger partial charge is 0.497 e. The fourth-order valence-corrected chi connectivity index (χ4v) is 6.64. The van der Waals surface area contributed by atoms with E-state index in [0.29, 0.717) is 40.6 Å². The fraction of sp³-hybridized carbons (Fsp3) is 0.458. The van der Waals surface area contributed by atoms with Gasteiger partial charge in [0.25, 0.3) is 5.91 Å². The number of nitrogens with one attached hydrogen (secondary N) is 2. The maximum absolute atomic E-state index is 13.5. The average Bonchev–Trinajstić information content (AvgIpc) is 3.59. The van der Waals surface area contributed by atoms with E-state index in [9.17, 15) is 19.5 Å². The Hall–Kier alpha value is -3.11. The van der Waals surface area contributed by atoms with Crippen molar-refractivity contribution in [3.05, 3.63) is 34.2 Å². The molecule has 10 heteroatoms. The molecule has 3 heterocycles. The molecule has 3 N–H and O–H groups in total. The number of fused-ring (bicyclic) bond motifs is 3. The number of carbonyl (C=O) groups is 3. The minimum absolute atomic E-state index is 0.361. The quantitative estimate of drug-likeness (QED) is 0.549. The van der Waals surface area contributed by atoms with Gasteiger partial charge in [0.15, 0.2) is 0 Å². The van der Waals surface area contributed by atoms with Crippen LogP contribution in [0.3, 0.4) is 0 Å². The molecule has 180 valence electrons. The second-order valence-corrected chi connectivity index (χ2v) is 9.86. The van der Waals surface area contributed by atoms with Crippen LogP contribution in [0.15, 0.2) is 18.2 Å². The van der Waals surface area contributed by atoms with E-state index in [2.05, 4.69) is 10.6 Å². The Morgan fingerprint density at radius 2 is 1.82 bits per heavy atom. The fourth-order valence-electron chi connectivity index (χ4n) is 5.35. The molecule has 1 aromatic heterocycles. The smallest absolute Gasteiger partial charge is 0.310 e. The normalized spacial score (nSPS) is 24.5. The van der Waals surface area contributed by atoms with E-state index >= 15 is 0 Å². The molecule has 2 saturated heterocycles. The summed E-state index contributed by atoms with van der Waals surface area (Å²) in [5, 5.41) is 15.9. The maximum Gasteiger partial charge on any atom is 0.310 e. The van der Waals surface area contributed by atoms with Crippen molar-refractivity contribution in [3.63, 3.8) is 0 Å². The topological polar surface area (TPSA) is 123 Å². The van der Waals surface area contributed by atoms with Crippen molar-refractivity contribution in [1.82, 2.24) is 0 Å². The van der Waals surface area contributed by atoms with Crippen molar-refractivity contribution in [2.45, 2.75) is 44.3 Å². The van der Waals surface area contributed by atoms with Crippen LogP contribution in [-0.4, -0.2) is 49.3 Å². The first kappa shape index (κ1) is 22.7. The number of benzene rings is 1. The zero-order chi connectivity index (χ0) is 24.0. The SMILES string of the molecule is COc1ccc(OC)c(NC(=O)c2c(NC(=O)C3C4CCC(O4)C3C(=O)O)sc3c2CCC3)c1. The highest BCUT2D eigenvalue weighted by atomic mass is 32.1. The van der Waals surface area contributed by atoms with Gasteiger partial charge in [-0.3, -0.25) is 14.4 Å². The van der Waals surface area contributed by atoms with E-state index in [1.54, 1.807) is 18.2 Å². The first-order valence-electron chi connectivity index (χ1n) is 11.3. The van der Waals surface area contributed by atoms with Gasteiger partial charge in [-0.2, -0.15) is 0 Å². The summed E-state index contributed by atoms with van der Waals surface area (Å²) >= 11 is 1.38. The van der Waals surface area contributed by atoms with Gasteiger partial charge in [-0.25, -0.2) is 0 Å². The first-order valence-corrected chi connectivity index (χ1v) is 12.1. The molecule has 2 bridgehead atoms. The predicted octanol–water partition coefficient (Wildman–Crippen LogP) is 3.32. The minimum Gasteiger partial charge on any atom is -0.497 e. The number of hydrogen-bond donors (Lipinski definition) is 3. The van der Waals surface area contributed by atoms with Gasteiger partial charge in [0, 0.05) is 10.9 Å². The van der Waals surface area contributed by atoms with Crippen LogP contribution in [0.4, 0.5) is 10.7 Å². The monoisotopic (exact) mass is 486 g/mol. The van der Waals surface area contributed by atoms with Crippen LogP contribution in [0, 0.1) is 11.8 Å². The van der Waals surface area contributed by atoms with Gasteiger partial charge < -0.3 is 30.0 Å². The molecule has 5 rings (SSSR count). The second-order valence-electron chi connectivity index (χ2n) is 8.75. The van der Waals surface area contributed by atoms with Crippen LogP contribution < -0.4 is 20.1 Å². The molecule has 1 aliphatic carbocycles. The van der Waals surface area contributed by atoms with E-state index in [4.69, 9.17) is 14.2 Å². The zero-order valence-electron chi connectivity index (χ0n) is 18.9. The average molecular weight is 487 g/mol. The van der Waals surface area contributed by atoms with Crippen LogP contribution >= 0.6 is 11.3 Å². The Labute approximate surface area is 200 Å². The van der Waals surface area contributed by atoms with Gasteiger partial charge in [-0.1, -0.05) is 0 Å². The number of aryl methyl sites for hydroxylation is 1. The number of amides is 2. The Morgan fingerprint density at radius 3 is 2.53 bits per heavy atom. The van der Waals surface area contributed by atoms with Gasteiger partial charge in [0.2, 0.25) is 5.91 Å². The summed E-state index contributed by atoms with van der Waals surface area (Å²) in [7, 11) is 3.05. The first-order chi connectivity index (χ1) is 16.4. The lowest BCUT2D eigenvalue weighted by Gasteiger charge is -2.23. The van der Waals surface area contributed by atoms with Crippen molar-refractivity contribution in [2.75, 3.05) is 24.9 Å². The van der Waals surface area contributed by atoms with E-state index in [1.165, 1.54) is 25.6 Å². The highest BCUT2D eigenvalue weighted by Gasteiger charge is 2.55. The Bertz CT molecular complexity index is 1160. The molecule has 2 aromatic rings. The van der Waals surface area contributed by atoms with Crippen LogP contribution in [0.5, 0.6) is 11.5 Å². The predicted molar refractivity (Wildman–Crippen MR) is 125 cm³/mol. The van der Waals surface area contributed by atoms with E-state index in [0.717, 1.165) is 29.7 Å².